The maximum Gasteiger partial charge on any atom is 0.258 e. The van der Waals surface area contributed by atoms with Gasteiger partial charge < -0.3 is 10.1 Å². The van der Waals surface area contributed by atoms with Gasteiger partial charge in [0.1, 0.15) is 11.2 Å². The van der Waals surface area contributed by atoms with E-state index in [0.717, 1.165) is 27.8 Å². The molecule has 5 nitrogen and oxygen atoms in total. The van der Waals surface area contributed by atoms with Crippen molar-refractivity contribution in [2.45, 2.75) is 38.6 Å². The van der Waals surface area contributed by atoms with Crippen molar-refractivity contribution in [3.05, 3.63) is 42.0 Å². The maximum atomic E-state index is 12.4. The van der Waals surface area contributed by atoms with Gasteiger partial charge in [0.05, 0.1) is 5.39 Å². The molecule has 4 rings (SSSR count). The molecule has 2 heterocycles. The first-order valence-electron chi connectivity index (χ1n) is 9.42. The Hall–Kier alpha value is -2.47. The number of nitrogens with zero attached hydrogens (tertiary/aromatic N) is 2. The number of hydrogen-bond acceptors (Lipinski definition) is 5. The van der Waals surface area contributed by atoms with E-state index in [1.807, 2.05) is 18.2 Å². The third-order valence-electron chi connectivity index (χ3n) is 5.22. The lowest BCUT2D eigenvalue weighted by molar-refractivity contribution is -0.124. The fourth-order valence-corrected chi connectivity index (χ4v) is 4.61. The number of carbonyl (C=O) groups is 1. The van der Waals surface area contributed by atoms with E-state index in [9.17, 15) is 4.79 Å². The fraction of sp³-hybridized carbons (Fsp3) is 0.381. The van der Waals surface area contributed by atoms with Crippen molar-refractivity contribution < 1.29 is 9.53 Å². The van der Waals surface area contributed by atoms with Crippen molar-refractivity contribution in [1.82, 2.24) is 15.3 Å². The van der Waals surface area contributed by atoms with Crippen LogP contribution < -0.4 is 10.1 Å². The molecule has 0 saturated heterocycles. The molecule has 1 aromatic carbocycles. The number of fused-ring (bicyclic) bond motifs is 1. The van der Waals surface area contributed by atoms with Gasteiger partial charge in [-0.3, -0.25) is 4.79 Å². The molecule has 1 aliphatic carbocycles. The van der Waals surface area contributed by atoms with E-state index in [4.69, 9.17) is 4.74 Å². The largest absolute Gasteiger partial charge is 0.467 e. The van der Waals surface area contributed by atoms with Crippen LogP contribution in [0.2, 0.25) is 0 Å². The van der Waals surface area contributed by atoms with Gasteiger partial charge in [-0.1, -0.05) is 50.1 Å². The summed E-state index contributed by atoms with van der Waals surface area (Å²) >= 11 is 1.55. The average Bonchev–Trinajstić information content (AvgIpc) is 3.14. The number of nitrogens with one attached hydrogen (secondary N) is 1. The molecular weight excluding hydrogens is 358 g/mol. The number of benzene rings is 1. The zero-order chi connectivity index (χ0) is 18.6. The van der Waals surface area contributed by atoms with E-state index in [0.29, 0.717) is 11.8 Å². The molecule has 2 atom stereocenters. The molecule has 0 bridgehead atoms. The van der Waals surface area contributed by atoms with Gasteiger partial charge >= 0.3 is 0 Å². The summed E-state index contributed by atoms with van der Waals surface area (Å²) < 4.78 is 5.82. The quantitative estimate of drug-likeness (QED) is 0.710. The summed E-state index contributed by atoms with van der Waals surface area (Å²) in [6.45, 7) is 2.18. The lowest BCUT2D eigenvalue weighted by Gasteiger charge is -2.29. The summed E-state index contributed by atoms with van der Waals surface area (Å²) in [7, 11) is 0. The minimum absolute atomic E-state index is 0.0284. The van der Waals surface area contributed by atoms with Gasteiger partial charge in [0.2, 0.25) is 5.88 Å². The molecule has 1 N–H and O–H groups in total. The van der Waals surface area contributed by atoms with E-state index in [2.05, 4.69) is 39.7 Å². The van der Waals surface area contributed by atoms with Crippen LogP contribution in [0.5, 0.6) is 5.88 Å². The second-order valence-corrected chi connectivity index (χ2v) is 7.96. The van der Waals surface area contributed by atoms with Gasteiger partial charge in [0.15, 0.2) is 6.61 Å². The van der Waals surface area contributed by atoms with Crippen LogP contribution in [0.3, 0.4) is 0 Å². The molecular formula is C21H23N3O2S. The second kappa shape index (κ2) is 8.05. The molecule has 2 aromatic heterocycles. The first kappa shape index (κ1) is 17.9. The van der Waals surface area contributed by atoms with Gasteiger partial charge in [0, 0.05) is 17.0 Å². The highest BCUT2D eigenvalue weighted by atomic mass is 32.1. The van der Waals surface area contributed by atoms with Gasteiger partial charge in [0.25, 0.3) is 5.91 Å². The fourth-order valence-electron chi connectivity index (χ4n) is 3.70. The van der Waals surface area contributed by atoms with Gasteiger partial charge in [-0.15, -0.1) is 11.3 Å². The Morgan fingerprint density at radius 2 is 2.04 bits per heavy atom. The number of aromatic nitrogens is 2. The van der Waals surface area contributed by atoms with Crippen LogP contribution in [0, 0.1) is 5.92 Å². The van der Waals surface area contributed by atoms with Crippen LogP contribution in [-0.2, 0) is 4.79 Å². The van der Waals surface area contributed by atoms with Gasteiger partial charge in [-0.05, 0) is 24.3 Å². The van der Waals surface area contributed by atoms with Crippen molar-refractivity contribution in [1.29, 1.82) is 0 Å². The SMILES string of the molecule is C[C@H]1CCCC[C@@H]1NC(=O)COc1ncnc2scc(-c3ccccc3)c12. The summed E-state index contributed by atoms with van der Waals surface area (Å²) in [5.74, 6) is 0.902. The second-order valence-electron chi connectivity index (χ2n) is 7.10. The van der Waals surface area contributed by atoms with Crippen LogP contribution in [0.1, 0.15) is 32.6 Å². The molecule has 0 radical (unpaired) electrons. The van der Waals surface area contributed by atoms with E-state index in [-0.39, 0.29) is 18.6 Å². The Labute approximate surface area is 162 Å². The number of ether oxygens (including phenoxy) is 1. The number of rotatable bonds is 5. The highest BCUT2D eigenvalue weighted by Crippen LogP contribution is 2.37. The molecule has 140 valence electrons. The van der Waals surface area contributed by atoms with E-state index >= 15 is 0 Å². The molecule has 6 heteroatoms. The molecule has 1 aliphatic rings. The third kappa shape index (κ3) is 3.95. The number of carbonyl (C=O) groups excluding carboxylic acids is 1. The van der Waals surface area contributed by atoms with Crippen molar-refractivity contribution in [3.63, 3.8) is 0 Å². The number of hydrogen-bond donors (Lipinski definition) is 1. The van der Waals surface area contributed by atoms with Crippen molar-refractivity contribution in [2.24, 2.45) is 5.92 Å². The zero-order valence-corrected chi connectivity index (χ0v) is 16.2. The van der Waals surface area contributed by atoms with E-state index in [1.165, 1.54) is 25.6 Å². The Kier molecular flexibility index (Phi) is 5.34. The van der Waals surface area contributed by atoms with Crippen LogP contribution in [0.4, 0.5) is 0 Å². The van der Waals surface area contributed by atoms with Crippen LogP contribution >= 0.6 is 11.3 Å². The average molecular weight is 382 g/mol. The number of amides is 1. The summed E-state index contributed by atoms with van der Waals surface area (Å²) in [6, 6.07) is 10.3. The Morgan fingerprint density at radius 1 is 1.22 bits per heavy atom. The first-order valence-corrected chi connectivity index (χ1v) is 10.3. The predicted octanol–water partition coefficient (Wildman–Crippen LogP) is 4.43. The van der Waals surface area contributed by atoms with Crippen LogP contribution in [0.15, 0.2) is 42.0 Å². The summed E-state index contributed by atoms with van der Waals surface area (Å²) in [4.78, 5) is 21.9. The number of thiophene rings is 1. The van der Waals surface area contributed by atoms with Gasteiger partial charge in [-0.25, -0.2) is 9.97 Å². The Bertz CT molecular complexity index is 926. The summed E-state index contributed by atoms with van der Waals surface area (Å²) in [5.41, 5.74) is 2.12. The molecule has 27 heavy (non-hydrogen) atoms. The lowest BCUT2D eigenvalue weighted by Crippen LogP contribution is -2.43. The van der Waals surface area contributed by atoms with Crippen LogP contribution in [-0.4, -0.2) is 28.5 Å². The molecule has 0 spiro atoms. The maximum absolute atomic E-state index is 12.4. The molecule has 1 saturated carbocycles. The smallest absolute Gasteiger partial charge is 0.258 e. The Balaban J connectivity index is 1.50. The monoisotopic (exact) mass is 381 g/mol. The van der Waals surface area contributed by atoms with Crippen molar-refractivity contribution in [2.75, 3.05) is 6.61 Å². The lowest BCUT2D eigenvalue weighted by atomic mass is 9.86. The summed E-state index contributed by atoms with van der Waals surface area (Å²) in [6.07, 6.45) is 6.15. The van der Waals surface area contributed by atoms with Crippen LogP contribution in [0.25, 0.3) is 21.3 Å². The zero-order valence-electron chi connectivity index (χ0n) is 15.4. The standard InChI is InChI=1S/C21H23N3O2S/c1-14-7-5-6-10-17(14)24-18(25)11-26-20-19-16(15-8-3-2-4-9-15)12-27-21(19)23-13-22-20/h2-4,8-9,12-14,17H,5-7,10-11H2,1H3,(H,24,25)/t14-,17-/m0/s1. The van der Waals surface area contributed by atoms with E-state index < -0.39 is 0 Å². The normalized spacial score (nSPS) is 19.7. The predicted molar refractivity (Wildman–Crippen MR) is 108 cm³/mol. The van der Waals surface area contributed by atoms with E-state index in [1.54, 1.807) is 11.3 Å². The molecule has 1 amide bonds. The molecule has 3 aromatic rings. The highest BCUT2D eigenvalue weighted by Gasteiger charge is 2.23. The van der Waals surface area contributed by atoms with Crippen molar-refractivity contribution >= 4 is 27.5 Å². The Morgan fingerprint density at radius 3 is 2.85 bits per heavy atom. The minimum Gasteiger partial charge on any atom is -0.467 e. The molecule has 0 unspecified atom stereocenters. The topological polar surface area (TPSA) is 64.1 Å². The van der Waals surface area contributed by atoms with Gasteiger partial charge in [-0.2, -0.15) is 0 Å². The molecule has 0 aliphatic heterocycles. The molecule has 1 fully saturated rings. The summed E-state index contributed by atoms with van der Waals surface area (Å²) in [5, 5.41) is 6.05. The first-order chi connectivity index (χ1) is 13.2. The highest BCUT2D eigenvalue weighted by molar-refractivity contribution is 7.17. The minimum atomic E-state index is -0.0861. The van der Waals surface area contributed by atoms with Crippen molar-refractivity contribution in [3.8, 4) is 17.0 Å². The third-order valence-corrected chi connectivity index (χ3v) is 6.10.